The summed E-state index contributed by atoms with van der Waals surface area (Å²) in [6.07, 6.45) is 3.45. The lowest BCUT2D eigenvalue weighted by Gasteiger charge is -2.10. The molecule has 0 aromatic carbocycles. The third-order valence-corrected chi connectivity index (χ3v) is 2.18. The molecular weight excluding hydrogens is 164 g/mol. The van der Waals surface area contributed by atoms with Crippen LogP contribution in [0, 0.1) is 5.92 Å². The summed E-state index contributed by atoms with van der Waals surface area (Å²) in [5.41, 5.74) is 0. The van der Waals surface area contributed by atoms with Gasteiger partial charge in [0.05, 0.1) is 5.92 Å². The SMILES string of the molecule is CCCC(=O)C(CC)C(=O)CCC. The molecule has 0 aliphatic rings. The van der Waals surface area contributed by atoms with Gasteiger partial charge in [0, 0.05) is 12.8 Å². The van der Waals surface area contributed by atoms with E-state index in [-0.39, 0.29) is 17.5 Å². The van der Waals surface area contributed by atoms with E-state index in [1.165, 1.54) is 0 Å². The largest absolute Gasteiger partial charge is 0.299 e. The summed E-state index contributed by atoms with van der Waals surface area (Å²) in [5, 5.41) is 0. The zero-order valence-corrected chi connectivity index (χ0v) is 8.93. The number of carbonyl (C=O) groups excluding carboxylic acids is 2. The number of carbonyl (C=O) groups is 2. The summed E-state index contributed by atoms with van der Waals surface area (Å²) in [6.45, 7) is 5.84. The maximum absolute atomic E-state index is 11.5. The molecule has 0 amide bonds. The Hall–Kier alpha value is -0.660. The van der Waals surface area contributed by atoms with Gasteiger partial charge in [-0.1, -0.05) is 20.8 Å². The van der Waals surface area contributed by atoms with Crippen molar-refractivity contribution in [2.45, 2.75) is 52.9 Å². The Bertz CT molecular complexity index is 155. The van der Waals surface area contributed by atoms with Crippen LogP contribution in [0.1, 0.15) is 52.9 Å². The van der Waals surface area contributed by atoms with Gasteiger partial charge in [-0.05, 0) is 19.3 Å². The Morgan fingerprint density at radius 3 is 1.54 bits per heavy atom. The van der Waals surface area contributed by atoms with Gasteiger partial charge in [-0.15, -0.1) is 0 Å². The van der Waals surface area contributed by atoms with Crippen molar-refractivity contribution in [3.63, 3.8) is 0 Å². The highest BCUT2D eigenvalue weighted by Gasteiger charge is 2.22. The number of Topliss-reactive ketones (excluding diaryl/α,β-unsaturated/α-hetero) is 2. The van der Waals surface area contributed by atoms with E-state index in [1.807, 2.05) is 20.8 Å². The maximum atomic E-state index is 11.5. The van der Waals surface area contributed by atoms with Crippen molar-refractivity contribution in [1.82, 2.24) is 0 Å². The van der Waals surface area contributed by atoms with Gasteiger partial charge in [0.2, 0.25) is 0 Å². The Kier molecular flexibility index (Phi) is 6.47. The molecule has 2 nitrogen and oxygen atoms in total. The Morgan fingerprint density at radius 2 is 1.31 bits per heavy atom. The number of hydrogen-bond acceptors (Lipinski definition) is 2. The summed E-state index contributed by atoms with van der Waals surface area (Å²) >= 11 is 0. The van der Waals surface area contributed by atoms with E-state index in [9.17, 15) is 9.59 Å². The van der Waals surface area contributed by atoms with Gasteiger partial charge in [0.15, 0.2) is 0 Å². The van der Waals surface area contributed by atoms with Crippen LogP contribution < -0.4 is 0 Å². The summed E-state index contributed by atoms with van der Waals surface area (Å²) in [6, 6.07) is 0. The Labute approximate surface area is 80.7 Å². The molecule has 0 rings (SSSR count). The normalized spacial score (nSPS) is 10.5. The van der Waals surface area contributed by atoms with E-state index in [1.54, 1.807) is 0 Å². The minimum Gasteiger partial charge on any atom is -0.299 e. The highest BCUT2D eigenvalue weighted by Crippen LogP contribution is 2.12. The van der Waals surface area contributed by atoms with Gasteiger partial charge >= 0.3 is 0 Å². The standard InChI is InChI=1S/C11H20O2/c1-4-7-10(12)9(6-3)11(13)8-5-2/h9H,4-8H2,1-3H3. The van der Waals surface area contributed by atoms with Crippen LogP contribution in [0.5, 0.6) is 0 Å². The second-order valence-electron chi connectivity index (χ2n) is 3.39. The minimum absolute atomic E-state index is 0.128. The van der Waals surface area contributed by atoms with E-state index in [0.29, 0.717) is 19.3 Å². The molecule has 0 N–H and O–H groups in total. The van der Waals surface area contributed by atoms with E-state index in [0.717, 1.165) is 12.8 Å². The minimum atomic E-state index is -0.320. The second-order valence-corrected chi connectivity index (χ2v) is 3.39. The molecule has 0 saturated carbocycles. The quantitative estimate of drug-likeness (QED) is 0.570. The Morgan fingerprint density at radius 1 is 0.923 bits per heavy atom. The topological polar surface area (TPSA) is 34.1 Å². The van der Waals surface area contributed by atoms with Crippen LogP contribution in [-0.2, 0) is 9.59 Å². The maximum Gasteiger partial charge on any atom is 0.143 e. The lowest BCUT2D eigenvalue weighted by atomic mass is 9.91. The van der Waals surface area contributed by atoms with Crippen LogP contribution in [0.25, 0.3) is 0 Å². The van der Waals surface area contributed by atoms with Gasteiger partial charge in [-0.2, -0.15) is 0 Å². The van der Waals surface area contributed by atoms with Crippen molar-refractivity contribution in [2.24, 2.45) is 5.92 Å². The Balaban J connectivity index is 4.15. The monoisotopic (exact) mass is 184 g/mol. The molecule has 0 bridgehead atoms. The van der Waals surface area contributed by atoms with Crippen LogP contribution in [-0.4, -0.2) is 11.6 Å². The first-order valence-corrected chi connectivity index (χ1v) is 5.22. The molecule has 0 aliphatic carbocycles. The number of hydrogen-bond donors (Lipinski definition) is 0. The van der Waals surface area contributed by atoms with Crippen LogP contribution in [0.4, 0.5) is 0 Å². The second kappa shape index (κ2) is 6.81. The first kappa shape index (κ1) is 12.3. The highest BCUT2D eigenvalue weighted by molar-refractivity contribution is 6.02. The lowest BCUT2D eigenvalue weighted by molar-refractivity contribution is -0.132. The molecule has 0 radical (unpaired) electrons. The van der Waals surface area contributed by atoms with Crippen molar-refractivity contribution in [1.29, 1.82) is 0 Å². The molecular formula is C11H20O2. The fraction of sp³-hybridized carbons (Fsp3) is 0.818. The van der Waals surface area contributed by atoms with Crippen molar-refractivity contribution >= 4 is 11.6 Å². The fourth-order valence-corrected chi connectivity index (χ4v) is 1.48. The van der Waals surface area contributed by atoms with Crippen molar-refractivity contribution in [3.8, 4) is 0 Å². The molecule has 0 fully saturated rings. The molecule has 0 aromatic heterocycles. The predicted octanol–water partition coefficient (Wildman–Crippen LogP) is 2.75. The molecule has 13 heavy (non-hydrogen) atoms. The first-order chi connectivity index (χ1) is 6.17. The van der Waals surface area contributed by atoms with E-state index in [2.05, 4.69) is 0 Å². The van der Waals surface area contributed by atoms with Gasteiger partial charge in [-0.25, -0.2) is 0 Å². The number of rotatable bonds is 7. The third kappa shape index (κ3) is 4.20. The first-order valence-electron chi connectivity index (χ1n) is 5.22. The molecule has 0 heterocycles. The van der Waals surface area contributed by atoms with Crippen molar-refractivity contribution in [2.75, 3.05) is 0 Å². The lowest BCUT2D eigenvalue weighted by Crippen LogP contribution is -2.22. The van der Waals surface area contributed by atoms with Crippen LogP contribution in [0.15, 0.2) is 0 Å². The summed E-state index contributed by atoms with van der Waals surface area (Å²) < 4.78 is 0. The van der Waals surface area contributed by atoms with Crippen molar-refractivity contribution in [3.05, 3.63) is 0 Å². The molecule has 0 atom stereocenters. The van der Waals surface area contributed by atoms with E-state index in [4.69, 9.17) is 0 Å². The summed E-state index contributed by atoms with van der Waals surface area (Å²) in [7, 11) is 0. The molecule has 76 valence electrons. The van der Waals surface area contributed by atoms with Gasteiger partial charge in [-0.3, -0.25) is 9.59 Å². The molecule has 0 saturated heterocycles. The average Bonchev–Trinajstić information content (AvgIpc) is 2.06. The van der Waals surface area contributed by atoms with Crippen LogP contribution >= 0.6 is 0 Å². The summed E-state index contributed by atoms with van der Waals surface area (Å²) in [4.78, 5) is 22.9. The molecule has 0 aromatic rings. The third-order valence-electron chi connectivity index (χ3n) is 2.18. The van der Waals surface area contributed by atoms with Gasteiger partial charge in [0.25, 0.3) is 0 Å². The average molecular weight is 184 g/mol. The zero-order chi connectivity index (χ0) is 10.3. The van der Waals surface area contributed by atoms with Gasteiger partial charge in [0.1, 0.15) is 11.6 Å². The van der Waals surface area contributed by atoms with Crippen molar-refractivity contribution < 1.29 is 9.59 Å². The number of ketones is 2. The molecule has 0 spiro atoms. The van der Waals surface area contributed by atoms with Crippen LogP contribution in [0.2, 0.25) is 0 Å². The molecule has 2 heteroatoms. The molecule has 0 unspecified atom stereocenters. The summed E-state index contributed by atoms with van der Waals surface area (Å²) in [5.74, 6) is -0.0631. The van der Waals surface area contributed by atoms with E-state index >= 15 is 0 Å². The predicted molar refractivity (Wildman–Crippen MR) is 53.6 cm³/mol. The van der Waals surface area contributed by atoms with E-state index < -0.39 is 0 Å². The smallest absolute Gasteiger partial charge is 0.143 e. The molecule has 0 aliphatic heterocycles. The highest BCUT2D eigenvalue weighted by atomic mass is 16.1. The zero-order valence-electron chi connectivity index (χ0n) is 8.93. The van der Waals surface area contributed by atoms with Gasteiger partial charge < -0.3 is 0 Å². The fourth-order valence-electron chi connectivity index (χ4n) is 1.48. The van der Waals surface area contributed by atoms with Crippen LogP contribution in [0.3, 0.4) is 0 Å².